The highest BCUT2D eigenvalue weighted by atomic mass is 32.2. The third kappa shape index (κ3) is 2.46. The average molecular weight is 310 g/mol. The van der Waals surface area contributed by atoms with Crippen LogP contribution in [0.2, 0.25) is 0 Å². The molecule has 0 bridgehead atoms. The molecule has 1 saturated heterocycles. The lowest BCUT2D eigenvalue weighted by Crippen LogP contribution is -2.48. The quantitative estimate of drug-likeness (QED) is 0.792. The van der Waals surface area contributed by atoms with Crippen LogP contribution >= 0.6 is 11.8 Å². The number of thioether (sulfide) groups is 1. The largest absolute Gasteiger partial charge is 0.301 e. The summed E-state index contributed by atoms with van der Waals surface area (Å²) in [5.74, 6) is 0.561. The van der Waals surface area contributed by atoms with Crippen LogP contribution in [0.1, 0.15) is 19.4 Å². The van der Waals surface area contributed by atoms with Gasteiger partial charge in [-0.05, 0) is 38.1 Å². The Labute approximate surface area is 122 Å². The minimum atomic E-state index is -3.76. The number of rotatable bonds is 3. The summed E-state index contributed by atoms with van der Waals surface area (Å²) in [7, 11) is -3.76. The molecule has 0 aliphatic carbocycles. The van der Waals surface area contributed by atoms with Crippen LogP contribution in [0.5, 0.6) is 0 Å². The summed E-state index contributed by atoms with van der Waals surface area (Å²) in [6, 6.07) is 7.65. The molecule has 0 amide bonds. The first-order valence-corrected chi connectivity index (χ1v) is 8.43. The van der Waals surface area contributed by atoms with Crippen molar-refractivity contribution >= 4 is 28.1 Å². The van der Waals surface area contributed by atoms with Crippen LogP contribution in [0.3, 0.4) is 0 Å². The molecule has 1 aromatic rings. The fraction of sp³-hybridized carbons (Fsp3) is 0.385. The maximum Gasteiger partial charge on any atom is 0.244 e. The monoisotopic (exact) mass is 310 g/mol. The Kier molecular flexibility index (Phi) is 3.91. The maximum atomic E-state index is 12.7. The lowest BCUT2D eigenvalue weighted by Gasteiger charge is -2.31. The first-order valence-electron chi connectivity index (χ1n) is 5.94. The van der Waals surface area contributed by atoms with Gasteiger partial charge in [-0.2, -0.15) is 9.57 Å². The van der Waals surface area contributed by atoms with Crippen LogP contribution in [0.25, 0.3) is 0 Å². The third-order valence-corrected chi connectivity index (χ3v) is 6.87. The van der Waals surface area contributed by atoms with Crippen molar-refractivity contribution < 1.29 is 13.2 Å². The van der Waals surface area contributed by atoms with Crippen LogP contribution in [0.15, 0.2) is 29.2 Å². The Hall–Kier alpha value is -1.36. The van der Waals surface area contributed by atoms with Crippen molar-refractivity contribution in [2.45, 2.75) is 29.7 Å². The number of benzene rings is 1. The van der Waals surface area contributed by atoms with Gasteiger partial charge >= 0.3 is 0 Å². The number of carbonyl (C=O) groups is 1. The standard InChI is InChI=1S/C13H14N2O3S2/c1-13(2)9-19-12(8-16)15(13)20(17,18)11-5-3-10(7-14)4-6-11/h3-6,8,12H,9H2,1-2H3/t12-/m0/s1. The van der Waals surface area contributed by atoms with E-state index in [4.69, 9.17) is 5.26 Å². The Balaban J connectivity index is 2.47. The normalized spacial score (nSPS) is 22.4. The van der Waals surface area contributed by atoms with Crippen LogP contribution in [-0.2, 0) is 14.8 Å². The van der Waals surface area contributed by atoms with Crippen molar-refractivity contribution in [3.63, 3.8) is 0 Å². The highest BCUT2D eigenvalue weighted by molar-refractivity contribution is 8.02. The van der Waals surface area contributed by atoms with Gasteiger partial charge in [-0.25, -0.2) is 8.42 Å². The van der Waals surface area contributed by atoms with Gasteiger partial charge in [0.25, 0.3) is 0 Å². The Morgan fingerprint density at radius 3 is 2.50 bits per heavy atom. The van der Waals surface area contributed by atoms with Gasteiger partial charge in [0.05, 0.1) is 16.5 Å². The highest BCUT2D eigenvalue weighted by Gasteiger charge is 2.47. The molecule has 7 heteroatoms. The third-order valence-electron chi connectivity index (χ3n) is 3.09. The van der Waals surface area contributed by atoms with E-state index in [0.29, 0.717) is 17.6 Å². The van der Waals surface area contributed by atoms with Gasteiger partial charge in [-0.15, -0.1) is 11.8 Å². The van der Waals surface area contributed by atoms with Crippen molar-refractivity contribution in [1.29, 1.82) is 5.26 Å². The number of nitriles is 1. The first-order chi connectivity index (χ1) is 9.32. The summed E-state index contributed by atoms with van der Waals surface area (Å²) in [6.45, 7) is 3.59. The van der Waals surface area contributed by atoms with Gasteiger partial charge in [0.1, 0.15) is 11.7 Å². The van der Waals surface area contributed by atoms with Gasteiger partial charge in [0, 0.05) is 11.3 Å². The lowest BCUT2D eigenvalue weighted by atomic mass is 10.1. The second-order valence-corrected chi connectivity index (χ2v) is 8.01. The van der Waals surface area contributed by atoms with Crippen molar-refractivity contribution in [2.75, 3.05) is 5.75 Å². The van der Waals surface area contributed by atoms with E-state index in [2.05, 4.69) is 0 Å². The van der Waals surface area contributed by atoms with E-state index >= 15 is 0 Å². The predicted molar refractivity (Wildman–Crippen MR) is 76.6 cm³/mol. The van der Waals surface area contributed by atoms with Crippen molar-refractivity contribution in [3.8, 4) is 6.07 Å². The molecule has 1 aliphatic heterocycles. The molecule has 5 nitrogen and oxygen atoms in total. The van der Waals surface area contributed by atoms with E-state index in [1.165, 1.54) is 40.3 Å². The average Bonchev–Trinajstić information content (AvgIpc) is 2.74. The predicted octanol–water partition coefficient (Wildman–Crippen LogP) is 1.60. The minimum absolute atomic E-state index is 0.0962. The molecule has 1 aromatic carbocycles. The summed E-state index contributed by atoms with van der Waals surface area (Å²) in [6.07, 6.45) is 0.653. The molecule has 0 saturated carbocycles. The summed E-state index contributed by atoms with van der Waals surface area (Å²) >= 11 is 1.31. The van der Waals surface area contributed by atoms with Gasteiger partial charge in [0.2, 0.25) is 10.0 Å². The molecule has 2 rings (SSSR count). The van der Waals surface area contributed by atoms with Gasteiger partial charge < -0.3 is 4.79 Å². The number of nitrogens with zero attached hydrogens (tertiary/aromatic N) is 2. The molecule has 0 spiro atoms. The number of sulfonamides is 1. The minimum Gasteiger partial charge on any atom is -0.301 e. The van der Waals surface area contributed by atoms with E-state index in [1.807, 2.05) is 6.07 Å². The van der Waals surface area contributed by atoms with E-state index in [-0.39, 0.29) is 4.90 Å². The number of carbonyl (C=O) groups excluding carboxylic acids is 1. The Bertz CT molecular complexity index is 660. The molecule has 20 heavy (non-hydrogen) atoms. The molecule has 0 unspecified atom stereocenters. The zero-order valence-electron chi connectivity index (χ0n) is 11.1. The van der Waals surface area contributed by atoms with Crippen LogP contribution in [0.4, 0.5) is 0 Å². The maximum absolute atomic E-state index is 12.7. The SMILES string of the molecule is CC1(C)CS[C@@H](C=O)N1S(=O)(=O)c1ccc(C#N)cc1. The molecule has 1 fully saturated rings. The van der Waals surface area contributed by atoms with Gasteiger partial charge in [-0.1, -0.05) is 0 Å². The fourth-order valence-electron chi connectivity index (χ4n) is 2.14. The van der Waals surface area contributed by atoms with Crippen LogP contribution in [0, 0.1) is 11.3 Å². The molecule has 0 aromatic heterocycles. The molecule has 0 N–H and O–H groups in total. The van der Waals surface area contributed by atoms with Gasteiger partial charge in [-0.3, -0.25) is 0 Å². The summed E-state index contributed by atoms with van der Waals surface area (Å²) in [5, 5.41) is 8.04. The second-order valence-electron chi connectivity index (χ2n) is 5.09. The van der Waals surface area contributed by atoms with Crippen molar-refractivity contribution in [2.24, 2.45) is 0 Å². The zero-order valence-corrected chi connectivity index (χ0v) is 12.7. The number of hydrogen-bond donors (Lipinski definition) is 0. The van der Waals surface area contributed by atoms with E-state index in [1.54, 1.807) is 13.8 Å². The Morgan fingerprint density at radius 1 is 1.40 bits per heavy atom. The van der Waals surface area contributed by atoms with E-state index in [0.717, 1.165) is 0 Å². The molecule has 1 aliphatic rings. The lowest BCUT2D eigenvalue weighted by molar-refractivity contribution is -0.109. The molecule has 1 atom stereocenters. The smallest absolute Gasteiger partial charge is 0.244 e. The highest BCUT2D eigenvalue weighted by Crippen LogP contribution is 2.39. The summed E-state index contributed by atoms with van der Waals surface area (Å²) in [5.41, 5.74) is -0.228. The molecule has 1 heterocycles. The summed E-state index contributed by atoms with van der Waals surface area (Å²) in [4.78, 5) is 11.2. The first kappa shape index (κ1) is 15.0. The van der Waals surface area contributed by atoms with Crippen molar-refractivity contribution in [3.05, 3.63) is 29.8 Å². The number of hydrogen-bond acceptors (Lipinski definition) is 5. The van der Waals surface area contributed by atoms with Crippen LogP contribution in [-0.4, -0.2) is 35.7 Å². The van der Waals surface area contributed by atoms with E-state index in [9.17, 15) is 13.2 Å². The molecular formula is C13H14N2O3S2. The van der Waals surface area contributed by atoms with Gasteiger partial charge in [0.15, 0.2) is 0 Å². The van der Waals surface area contributed by atoms with Crippen LogP contribution < -0.4 is 0 Å². The number of aldehydes is 1. The Morgan fingerprint density at radius 2 is 2.00 bits per heavy atom. The zero-order chi connectivity index (χ0) is 15.0. The summed E-state index contributed by atoms with van der Waals surface area (Å²) < 4.78 is 26.6. The second kappa shape index (κ2) is 5.20. The molecule has 0 radical (unpaired) electrons. The molecular weight excluding hydrogens is 296 g/mol. The van der Waals surface area contributed by atoms with E-state index < -0.39 is 20.9 Å². The topological polar surface area (TPSA) is 78.2 Å². The molecule has 106 valence electrons. The van der Waals surface area contributed by atoms with Crippen molar-refractivity contribution in [1.82, 2.24) is 4.31 Å². The fourth-order valence-corrected chi connectivity index (χ4v) is 5.70.